The molecule has 0 radical (unpaired) electrons. The van der Waals surface area contributed by atoms with Crippen molar-refractivity contribution >= 4 is 29.6 Å². The van der Waals surface area contributed by atoms with Crippen LogP contribution in [0, 0.1) is 5.92 Å². The van der Waals surface area contributed by atoms with E-state index in [-0.39, 0.29) is 23.5 Å². The molecule has 168 valence electrons. The van der Waals surface area contributed by atoms with Gasteiger partial charge in [0.05, 0.1) is 23.3 Å². The minimum atomic E-state index is -0.112. The molecule has 2 N–H and O–H groups in total. The fourth-order valence-corrected chi connectivity index (χ4v) is 5.73. The lowest BCUT2D eigenvalue weighted by Crippen LogP contribution is -2.62. The summed E-state index contributed by atoms with van der Waals surface area (Å²) in [6.07, 6.45) is 10.3. The molecule has 4 aliphatic heterocycles. The van der Waals surface area contributed by atoms with Crippen molar-refractivity contribution in [3.63, 3.8) is 0 Å². The highest BCUT2D eigenvalue weighted by Crippen LogP contribution is 2.45. The number of pyridine rings is 1. The number of carbonyl (C=O) groups is 1. The summed E-state index contributed by atoms with van der Waals surface area (Å²) in [7, 11) is 2.16. The van der Waals surface area contributed by atoms with Crippen molar-refractivity contribution in [2.45, 2.75) is 37.4 Å². The van der Waals surface area contributed by atoms with Gasteiger partial charge in [0.15, 0.2) is 0 Å². The number of nitrogens with one attached hydrogen (secondary N) is 2. The molecule has 2 atom stereocenters. The molecule has 32 heavy (non-hydrogen) atoms. The van der Waals surface area contributed by atoms with Gasteiger partial charge in [-0.2, -0.15) is 0 Å². The van der Waals surface area contributed by atoms with E-state index in [4.69, 9.17) is 4.99 Å². The molecule has 9 nitrogen and oxygen atoms in total. The number of piperazine rings is 2. The fourth-order valence-electron chi connectivity index (χ4n) is 5.73. The number of nitrogens with zero attached hydrogens (tertiary/aromatic N) is 6. The standard InChI is InChI=1S/C23H30N8O/c1-29-8-10-30(11-9-29)17-4-5-19(24-14-17)27-22-25-13-16-12-18-21(32)26-15-23(6-2-3-7-23)31(18)20(16)28-22/h4-5,12-14,16,20H,2-3,6-11,15H2,1H3,(H,26,32)(H,24,27,28). The molecule has 5 heterocycles. The average molecular weight is 435 g/mol. The summed E-state index contributed by atoms with van der Waals surface area (Å²) in [6.45, 7) is 4.88. The molecule has 5 aliphatic rings. The largest absolute Gasteiger partial charge is 0.368 e. The Hall–Kier alpha value is -2.94. The topological polar surface area (TPSA) is 88.5 Å². The van der Waals surface area contributed by atoms with Crippen LogP contribution in [-0.4, -0.2) is 84.3 Å². The zero-order valence-corrected chi connectivity index (χ0v) is 18.5. The maximum absolute atomic E-state index is 12.6. The highest BCUT2D eigenvalue weighted by molar-refractivity contribution is 6.01. The van der Waals surface area contributed by atoms with Gasteiger partial charge in [-0.3, -0.25) is 4.79 Å². The van der Waals surface area contributed by atoms with Crippen LogP contribution in [0.5, 0.6) is 0 Å². The van der Waals surface area contributed by atoms with Gasteiger partial charge in [0.25, 0.3) is 5.91 Å². The normalized spacial score (nSPS) is 28.8. The molecule has 1 spiro atoms. The Bertz CT molecular complexity index is 986. The summed E-state index contributed by atoms with van der Waals surface area (Å²) in [4.78, 5) is 33.7. The molecule has 1 aromatic heterocycles. The number of fused-ring (bicyclic) bond motifs is 4. The highest BCUT2D eigenvalue weighted by atomic mass is 16.2. The van der Waals surface area contributed by atoms with Crippen LogP contribution in [0.1, 0.15) is 25.7 Å². The Labute approximate surface area is 188 Å². The van der Waals surface area contributed by atoms with Crippen LogP contribution in [-0.2, 0) is 4.79 Å². The average Bonchev–Trinajstić information content (AvgIpc) is 3.43. The van der Waals surface area contributed by atoms with Gasteiger partial charge in [-0.25, -0.2) is 15.0 Å². The molecular weight excluding hydrogens is 404 g/mol. The van der Waals surface area contributed by atoms with Crippen molar-refractivity contribution in [2.75, 3.05) is 50.0 Å². The maximum atomic E-state index is 12.6. The fraction of sp³-hybridized carbons (Fsp3) is 0.565. The zero-order valence-electron chi connectivity index (χ0n) is 18.5. The number of hydrogen-bond acceptors (Lipinski definition) is 8. The lowest BCUT2D eigenvalue weighted by Gasteiger charge is -2.48. The second-order valence-electron chi connectivity index (χ2n) is 9.57. The first-order chi connectivity index (χ1) is 15.6. The predicted octanol–water partition coefficient (Wildman–Crippen LogP) is 1.27. The first-order valence-electron chi connectivity index (χ1n) is 11.7. The maximum Gasteiger partial charge on any atom is 0.267 e. The number of likely N-dealkylation sites (N-methyl/N-ethyl adjacent to an activating group) is 1. The quantitative estimate of drug-likeness (QED) is 0.729. The van der Waals surface area contributed by atoms with Gasteiger partial charge < -0.3 is 25.3 Å². The van der Waals surface area contributed by atoms with Gasteiger partial charge in [-0.1, -0.05) is 12.8 Å². The second kappa shape index (κ2) is 7.58. The summed E-state index contributed by atoms with van der Waals surface area (Å²) in [5, 5.41) is 6.39. The third kappa shape index (κ3) is 3.26. The van der Waals surface area contributed by atoms with Gasteiger partial charge in [0.1, 0.15) is 17.7 Å². The Morgan fingerprint density at radius 2 is 1.97 bits per heavy atom. The van der Waals surface area contributed by atoms with E-state index in [2.05, 4.69) is 48.4 Å². The summed E-state index contributed by atoms with van der Waals surface area (Å²) < 4.78 is 0. The van der Waals surface area contributed by atoms with E-state index >= 15 is 0 Å². The summed E-state index contributed by atoms with van der Waals surface area (Å²) in [6, 6.07) is 4.09. The van der Waals surface area contributed by atoms with Crippen LogP contribution in [0.25, 0.3) is 0 Å². The second-order valence-corrected chi connectivity index (χ2v) is 9.57. The van der Waals surface area contributed by atoms with E-state index in [1.165, 1.54) is 12.8 Å². The molecule has 2 unspecified atom stereocenters. The van der Waals surface area contributed by atoms with Crippen molar-refractivity contribution in [3.8, 4) is 0 Å². The molecule has 1 aromatic rings. The molecule has 9 heteroatoms. The number of hydrogen-bond donors (Lipinski definition) is 2. The van der Waals surface area contributed by atoms with E-state index in [1.54, 1.807) is 0 Å². The molecule has 0 aromatic carbocycles. The van der Waals surface area contributed by atoms with Crippen LogP contribution in [0.3, 0.4) is 0 Å². The van der Waals surface area contributed by atoms with Crippen molar-refractivity contribution < 1.29 is 4.79 Å². The summed E-state index contributed by atoms with van der Waals surface area (Å²) >= 11 is 0. The number of aliphatic imine (C=N–C) groups is 2. The first-order valence-corrected chi connectivity index (χ1v) is 11.7. The van der Waals surface area contributed by atoms with Crippen molar-refractivity contribution in [3.05, 3.63) is 30.1 Å². The van der Waals surface area contributed by atoms with Crippen molar-refractivity contribution in [1.82, 2.24) is 20.1 Å². The van der Waals surface area contributed by atoms with Crippen molar-refractivity contribution in [2.24, 2.45) is 15.9 Å². The predicted molar refractivity (Wildman–Crippen MR) is 125 cm³/mol. The highest BCUT2D eigenvalue weighted by Gasteiger charge is 2.53. The van der Waals surface area contributed by atoms with E-state index in [1.807, 2.05) is 24.6 Å². The third-order valence-electron chi connectivity index (χ3n) is 7.55. The van der Waals surface area contributed by atoms with Crippen molar-refractivity contribution in [1.29, 1.82) is 0 Å². The number of aromatic nitrogens is 1. The van der Waals surface area contributed by atoms with E-state index in [0.29, 0.717) is 12.5 Å². The molecule has 6 rings (SSSR count). The van der Waals surface area contributed by atoms with Gasteiger partial charge in [-0.15, -0.1) is 0 Å². The third-order valence-corrected chi connectivity index (χ3v) is 7.55. The van der Waals surface area contributed by atoms with Gasteiger partial charge >= 0.3 is 0 Å². The van der Waals surface area contributed by atoms with E-state index in [0.717, 1.165) is 56.2 Å². The number of amides is 1. The van der Waals surface area contributed by atoms with E-state index < -0.39 is 0 Å². The lowest BCUT2D eigenvalue weighted by atomic mass is 9.91. The Morgan fingerprint density at radius 1 is 1.16 bits per heavy atom. The minimum absolute atomic E-state index is 0.0104. The Balaban J connectivity index is 1.19. The van der Waals surface area contributed by atoms with Gasteiger partial charge in [0, 0.05) is 38.9 Å². The number of carbonyl (C=O) groups excluding carboxylic acids is 1. The molecule has 1 saturated carbocycles. The molecular formula is C23H30N8O. The lowest BCUT2D eigenvalue weighted by molar-refractivity contribution is -0.123. The molecule has 1 amide bonds. The number of anilines is 2. The smallest absolute Gasteiger partial charge is 0.267 e. The summed E-state index contributed by atoms with van der Waals surface area (Å²) in [5.74, 6) is 1.33. The van der Waals surface area contributed by atoms with Crippen LogP contribution in [0.4, 0.5) is 11.5 Å². The van der Waals surface area contributed by atoms with E-state index in [9.17, 15) is 4.79 Å². The molecule has 1 aliphatic carbocycles. The Kier molecular flexibility index (Phi) is 4.67. The molecule has 2 saturated heterocycles. The number of rotatable bonds is 2. The zero-order chi connectivity index (χ0) is 21.7. The van der Waals surface area contributed by atoms with Crippen LogP contribution < -0.4 is 15.5 Å². The molecule has 3 fully saturated rings. The van der Waals surface area contributed by atoms with Crippen LogP contribution in [0.2, 0.25) is 0 Å². The summed E-state index contributed by atoms with van der Waals surface area (Å²) in [5.41, 5.74) is 1.89. The monoisotopic (exact) mass is 434 g/mol. The Morgan fingerprint density at radius 3 is 2.72 bits per heavy atom. The van der Waals surface area contributed by atoms with Gasteiger partial charge in [-0.05, 0) is 38.1 Å². The SMILES string of the molecule is CN1CCN(c2ccc(NC3=NC4C(C=N3)C=C3C(=O)NCC5(CCCC5)N34)nc2)CC1. The first kappa shape index (κ1) is 19.7. The van der Waals surface area contributed by atoms with Crippen LogP contribution >= 0.6 is 0 Å². The molecule has 0 bridgehead atoms. The van der Waals surface area contributed by atoms with Gasteiger partial charge in [0.2, 0.25) is 5.96 Å². The number of guanidine groups is 1. The van der Waals surface area contributed by atoms with Crippen LogP contribution in [0.15, 0.2) is 40.1 Å². The minimum Gasteiger partial charge on any atom is -0.368 e.